The Labute approximate surface area is 144 Å². The number of halogens is 1. The van der Waals surface area contributed by atoms with E-state index in [1.165, 1.54) is 6.26 Å². The zero-order valence-electron chi connectivity index (χ0n) is 13.1. The van der Waals surface area contributed by atoms with E-state index >= 15 is 0 Å². The van der Waals surface area contributed by atoms with Crippen LogP contribution in [0.1, 0.15) is 23.9 Å². The number of anilines is 1. The van der Waals surface area contributed by atoms with Crippen molar-refractivity contribution in [3.63, 3.8) is 0 Å². The van der Waals surface area contributed by atoms with Gasteiger partial charge in [0.25, 0.3) is 5.91 Å². The molecule has 0 fully saturated rings. The second kappa shape index (κ2) is 6.97. The summed E-state index contributed by atoms with van der Waals surface area (Å²) in [6.45, 7) is 2.56. The minimum Gasteiger partial charge on any atom is -0.487 e. The van der Waals surface area contributed by atoms with E-state index in [1.54, 1.807) is 35.2 Å². The van der Waals surface area contributed by atoms with Crippen LogP contribution in [-0.4, -0.2) is 31.0 Å². The van der Waals surface area contributed by atoms with Gasteiger partial charge in [-0.15, -0.1) is 0 Å². The van der Waals surface area contributed by atoms with Gasteiger partial charge in [0.1, 0.15) is 11.9 Å². The maximum atomic E-state index is 12.5. The Hall–Kier alpha value is -2.47. The molecule has 2 heterocycles. The summed E-state index contributed by atoms with van der Waals surface area (Å²) in [4.78, 5) is 26.0. The summed E-state index contributed by atoms with van der Waals surface area (Å²) in [5.41, 5.74) is 0.656. The van der Waals surface area contributed by atoms with Gasteiger partial charge in [-0.2, -0.15) is 0 Å². The molecule has 2 aromatic rings. The summed E-state index contributed by atoms with van der Waals surface area (Å²) in [5.74, 6) is 0.408. The SMILES string of the molecule is C[C@@H]1CN(C(=O)CCNC(=O)c2ccco2)c2cc(Cl)ccc2O1. The van der Waals surface area contributed by atoms with Crippen molar-refractivity contribution in [1.82, 2.24) is 5.32 Å². The smallest absolute Gasteiger partial charge is 0.286 e. The van der Waals surface area contributed by atoms with Crippen molar-refractivity contribution in [3.05, 3.63) is 47.4 Å². The number of benzene rings is 1. The first-order valence-corrected chi connectivity index (χ1v) is 8.00. The molecule has 0 unspecified atom stereocenters. The predicted molar refractivity (Wildman–Crippen MR) is 89.6 cm³/mol. The van der Waals surface area contributed by atoms with Crippen LogP contribution in [0.3, 0.4) is 0 Å². The molecule has 2 amide bonds. The number of amides is 2. The van der Waals surface area contributed by atoms with Crippen LogP contribution in [0.25, 0.3) is 0 Å². The summed E-state index contributed by atoms with van der Waals surface area (Å²) in [6.07, 6.45) is 1.49. The fraction of sp³-hybridized carbons (Fsp3) is 0.294. The van der Waals surface area contributed by atoms with E-state index in [-0.39, 0.29) is 36.6 Å². The molecule has 1 aromatic heterocycles. The van der Waals surface area contributed by atoms with Crippen molar-refractivity contribution in [2.75, 3.05) is 18.0 Å². The molecular formula is C17H17ClN2O4. The number of rotatable bonds is 4. The van der Waals surface area contributed by atoms with Crippen LogP contribution in [0.4, 0.5) is 5.69 Å². The standard InChI is InChI=1S/C17H17ClN2O4/c1-11-10-20(13-9-12(18)4-5-14(13)24-11)16(21)6-7-19-17(22)15-3-2-8-23-15/h2-5,8-9,11H,6-7,10H2,1H3,(H,19,22)/t11-/m1/s1. The van der Waals surface area contributed by atoms with Crippen molar-refractivity contribution < 1.29 is 18.7 Å². The topological polar surface area (TPSA) is 71.8 Å². The van der Waals surface area contributed by atoms with E-state index in [4.69, 9.17) is 20.8 Å². The monoisotopic (exact) mass is 348 g/mol. The van der Waals surface area contributed by atoms with Crippen molar-refractivity contribution in [3.8, 4) is 5.75 Å². The van der Waals surface area contributed by atoms with Crippen LogP contribution in [0.15, 0.2) is 41.0 Å². The molecule has 0 saturated carbocycles. The minimum atomic E-state index is -0.341. The first-order valence-electron chi connectivity index (χ1n) is 7.63. The van der Waals surface area contributed by atoms with E-state index < -0.39 is 0 Å². The third kappa shape index (κ3) is 3.54. The maximum Gasteiger partial charge on any atom is 0.286 e. The second-order valence-corrected chi connectivity index (χ2v) is 5.96. The summed E-state index contributed by atoms with van der Waals surface area (Å²) in [5, 5.41) is 3.20. The molecule has 0 radical (unpaired) electrons. The second-order valence-electron chi connectivity index (χ2n) is 5.53. The van der Waals surface area contributed by atoms with E-state index in [9.17, 15) is 9.59 Å². The lowest BCUT2D eigenvalue weighted by Crippen LogP contribution is -2.43. The molecule has 24 heavy (non-hydrogen) atoms. The molecule has 3 rings (SSSR count). The highest BCUT2D eigenvalue weighted by molar-refractivity contribution is 6.31. The zero-order valence-corrected chi connectivity index (χ0v) is 13.9. The number of furan rings is 1. The minimum absolute atomic E-state index is 0.103. The number of hydrogen-bond acceptors (Lipinski definition) is 4. The van der Waals surface area contributed by atoms with Gasteiger partial charge in [0.15, 0.2) is 5.76 Å². The number of carbonyl (C=O) groups excluding carboxylic acids is 2. The molecule has 6 nitrogen and oxygen atoms in total. The normalized spacial score (nSPS) is 16.2. The summed E-state index contributed by atoms with van der Waals surface area (Å²) in [7, 11) is 0. The molecule has 1 aliphatic heterocycles. The molecule has 126 valence electrons. The Morgan fingerprint density at radius 2 is 2.21 bits per heavy atom. The van der Waals surface area contributed by atoms with Gasteiger partial charge < -0.3 is 19.4 Å². The van der Waals surface area contributed by atoms with Crippen LogP contribution < -0.4 is 15.0 Å². The Morgan fingerprint density at radius 1 is 1.38 bits per heavy atom. The summed E-state index contributed by atoms with van der Waals surface area (Å²) < 4.78 is 10.7. The third-order valence-electron chi connectivity index (χ3n) is 3.65. The lowest BCUT2D eigenvalue weighted by molar-refractivity contribution is -0.119. The molecule has 1 N–H and O–H groups in total. The largest absolute Gasteiger partial charge is 0.487 e. The van der Waals surface area contributed by atoms with Crippen LogP contribution in [0, 0.1) is 0 Å². The van der Waals surface area contributed by atoms with Gasteiger partial charge >= 0.3 is 0 Å². The Morgan fingerprint density at radius 3 is 2.96 bits per heavy atom. The van der Waals surface area contributed by atoms with Crippen molar-refractivity contribution >= 4 is 29.1 Å². The molecule has 0 aliphatic carbocycles. The highest BCUT2D eigenvalue weighted by Gasteiger charge is 2.27. The lowest BCUT2D eigenvalue weighted by Gasteiger charge is -2.33. The number of ether oxygens (including phenoxy) is 1. The van der Waals surface area contributed by atoms with E-state index in [1.807, 2.05) is 6.92 Å². The van der Waals surface area contributed by atoms with Gasteiger partial charge in [-0.3, -0.25) is 9.59 Å². The van der Waals surface area contributed by atoms with E-state index in [0.29, 0.717) is 23.0 Å². The van der Waals surface area contributed by atoms with Crippen molar-refractivity contribution in [2.24, 2.45) is 0 Å². The Kier molecular flexibility index (Phi) is 4.76. The van der Waals surface area contributed by atoms with E-state index in [2.05, 4.69) is 5.32 Å². The molecule has 0 bridgehead atoms. The molecular weight excluding hydrogens is 332 g/mol. The van der Waals surface area contributed by atoms with Crippen molar-refractivity contribution in [1.29, 1.82) is 0 Å². The number of nitrogens with one attached hydrogen (secondary N) is 1. The fourth-order valence-electron chi connectivity index (χ4n) is 2.56. The van der Waals surface area contributed by atoms with E-state index in [0.717, 1.165) is 0 Å². The molecule has 1 aromatic carbocycles. The molecule has 0 saturated heterocycles. The van der Waals surface area contributed by atoms with Gasteiger partial charge in [-0.25, -0.2) is 0 Å². The van der Waals surface area contributed by atoms with Gasteiger partial charge in [0.05, 0.1) is 18.5 Å². The van der Waals surface area contributed by atoms with Gasteiger partial charge in [-0.1, -0.05) is 11.6 Å². The Bertz CT molecular complexity index is 745. The summed E-state index contributed by atoms with van der Waals surface area (Å²) in [6, 6.07) is 8.40. The number of fused-ring (bicyclic) bond motifs is 1. The first-order chi connectivity index (χ1) is 11.5. The average molecular weight is 349 g/mol. The number of hydrogen-bond donors (Lipinski definition) is 1. The van der Waals surface area contributed by atoms with Gasteiger partial charge in [0.2, 0.25) is 5.91 Å². The highest BCUT2D eigenvalue weighted by atomic mass is 35.5. The predicted octanol–water partition coefficient (Wildman–Crippen LogP) is 2.87. The first kappa shape index (κ1) is 16.4. The number of carbonyl (C=O) groups is 2. The van der Waals surface area contributed by atoms with Crippen LogP contribution in [0.5, 0.6) is 5.75 Å². The highest BCUT2D eigenvalue weighted by Crippen LogP contribution is 2.35. The Balaban J connectivity index is 1.63. The third-order valence-corrected chi connectivity index (χ3v) is 3.89. The van der Waals surface area contributed by atoms with Crippen LogP contribution >= 0.6 is 11.6 Å². The molecule has 1 atom stereocenters. The maximum absolute atomic E-state index is 12.5. The molecule has 1 aliphatic rings. The van der Waals surface area contributed by atoms with Crippen LogP contribution in [-0.2, 0) is 4.79 Å². The van der Waals surface area contributed by atoms with Gasteiger partial charge in [0, 0.05) is 18.0 Å². The van der Waals surface area contributed by atoms with Gasteiger partial charge in [-0.05, 0) is 37.3 Å². The fourth-order valence-corrected chi connectivity index (χ4v) is 2.73. The van der Waals surface area contributed by atoms with Crippen molar-refractivity contribution in [2.45, 2.75) is 19.4 Å². The average Bonchev–Trinajstić information content (AvgIpc) is 3.09. The number of nitrogens with zero attached hydrogens (tertiary/aromatic N) is 1. The molecule has 7 heteroatoms. The summed E-state index contributed by atoms with van der Waals surface area (Å²) >= 11 is 6.03. The quantitative estimate of drug-likeness (QED) is 0.922. The molecule has 0 spiro atoms. The zero-order chi connectivity index (χ0) is 17.1. The lowest BCUT2D eigenvalue weighted by atomic mass is 10.2. The van der Waals surface area contributed by atoms with Crippen LogP contribution in [0.2, 0.25) is 5.02 Å².